The fourth-order valence-electron chi connectivity index (χ4n) is 3.69. The number of rotatable bonds is 9. The molecule has 6 atom stereocenters. The van der Waals surface area contributed by atoms with E-state index in [1.54, 1.807) is 0 Å². The van der Waals surface area contributed by atoms with E-state index in [0.29, 0.717) is 0 Å². The van der Waals surface area contributed by atoms with Gasteiger partial charge in [0.25, 0.3) is 5.56 Å². The van der Waals surface area contributed by atoms with Gasteiger partial charge in [-0.2, -0.15) is 9.29 Å². The molecule has 1 fully saturated rings. The van der Waals surface area contributed by atoms with E-state index >= 15 is 0 Å². The maximum atomic E-state index is 12.3. The topological polar surface area (TPSA) is 319 Å². The van der Waals surface area contributed by atoms with Gasteiger partial charge in [0.1, 0.15) is 36.8 Å². The van der Waals surface area contributed by atoms with Gasteiger partial charge in [-0.15, -0.1) is 0 Å². The molecule has 214 valence electrons. The summed E-state index contributed by atoms with van der Waals surface area (Å²) in [5, 5.41) is 20.8. The van der Waals surface area contributed by atoms with E-state index in [1.807, 2.05) is 0 Å². The number of hydrogen-bond acceptors (Lipinski definition) is 17. The minimum atomic E-state index is -5.29. The minimum absolute atomic E-state index is 0.0641. The summed E-state index contributed by atoms with van der Waals surface area (Å²) >= 11 is 0. The number of nitrogens with one attached hydrogen (secondary N) is 1. The Kier molecular flexibility index (Phi) is 7.35. The van der Waals surface area contributed by atoms with Gasteiger partial charge in [-0.05, 0) is 0 Å². The van der Waals surface area contributed by atoms with Gasteiger partial charge < -0.3 is 36.2 Å². The zero-order valence-corrected chi connectivity index (χ0v) is 21.6. The maximum Gasteiger partial charge on any atom is 0.481 e. The number of anilines is 2. The molecule has 0 aliphatic carbocycles. The van der Waals surface area contributed by atoms with Crippen LogP contribution in [0.4, 0.5) is 11.8 Å². The van der Waals surface area contributed by atoms with Gasteiger partial charge in [-0.3, -0.25) is 23.4 Å². The van der Waals surface area contributed by atoms with Crippen LogP contribution in [0.25, 0.3) is 22.3 Å². The summed E-state index contributed by atoms with van der Waals surface area (Å²) in [4.78, 5) is 57.3. The van der Waals surface area contributed by atoms with E-state index in [1.165, 1.54) is 10.9 Å². The summed E-state index contributed by atoms with van der Waals surface area (Å²) in [5.41, 5.74) is 10.4. The Morgan fingerprint density at radius 3 is 2.55 bits per heavy atom. The molecule has 1 aliphatic rings. The number of H-pyrrole nitrogens is 1. The van der Waals surface area contributed by atoms with Crippen LogP contribution in [0.3, 0.4) is 0 Å². The molecule has 0 spiro atoms. The lowest BCUT2D eigenvalue weighted by Crippen LogP contribution is -2.33. The van der Waals surface area contributed by atoms with Crippen molar-refractivity contribution in [2.45, 2.75) is 31.1 Å². The number of fused-ring (bicyclic) bond motifs is 2. The number of nitrogens with two attached hydrogens (primary N) is 2. The lowest BCUT2D eigenvalue weighted by atomic mass is 10.1. The minimum Gasteiger partial charge on any atom is -0.387 e. The highest BCUT2D eigenvalue weighted by Crippen LogP contribution is 2.60. The summed E-state index contributed by atoms with van der Waals surface area (Å²) in [6.07, 6.45) is -2.38. The van der Waals surface area contributed by atoms with Gasteiger partial charge in [0.2, 0.25) is 5.95 Å². The zero-order chi connectivity index (χ0) is 28.8. The Morgan fingerprint density at radius 1 is 1.02 bits per heavy atom. The maximum absolute atomic E-state index is 12.3. The van der Waals surface area contributed by atoms with Crippen molar-refractivity contribution in [2.24, 2.45) is 0 Å². The van der Waals surface area contributed by atoms with Gasteiger partial charge in [-0.25, -0.2) is 34.0 Å². The monoisotopic (exact) mass is 602 g/mol. The number of phosphoric ester groups is 2. The number of nitrogen functional groups attached to an aromatic ring is 2. The molecule has 5 rings (SSSR count). The predicted octanol–water partition coefficient (Wildman–Crippen LogP) is -1.91. The number of ether oxygens (including phenoxy) is 1. The molecular weight excluding hydrogens is 582 g/mol. The standard InChI is InChI=1S/C17H20N10O11P2/c18-12-8-14(22-4-21-12)27(5-23-8)16-11(29)10(28)7(37-16)3-36-40(33,34)38-39(31,32)35-2-6-1-20-13-9(24-6)15(30)26-17(19)25-13/h1,4-5,7,10-11,16,28-29H,2-3H2,(H,31,32)(H,33,34)(H2,18,21,22)(H3,19,20,25,26,30)/t7-,10-,11-,16?/m1/s1. The predicted molar refractivity (Wildman–Crippen MR) is 130 cm³/mol. The van der Waals surface area contributed by atoms with Gasteiger partial charge in [-0.1, -0.05) is 0 Å². The first-order valence-corrected chi connectivity index (χ1v) is 13.9. The molecule has 4 aromatic heterocycles. The Hall–Kier alpha value is -3.49. The third-order valence-corrected chi connectivity index (χ3v) is 8.05. The number of phosphoric acid groups is 2. The van der Waals surface area contributed by atoms with Crippen LogP contribution in [0.15, 0.2) is 23.6 Å². The molecule has 0 bridgehead atoms. The van der Waals surface area contributed by atoms with Crippen LogP contribution in [0.2, 0.25) is 0 Å². The van der Waals surface area contributed by atoms with Crippen LogP contribution in [0.5, 0.6) is 0 Å². The zero-order valence-electron chi connectivity index (χ0n) is 19.8. The van der Waals surface area contributed by atoms with Crippen molar-refractivity contribution in [1.29, 1.82) is 0 Å². The molecule has 9 N–H and O–H groups in total. The van der Waals surface area contributed by atoms with Crippen LogP contribution in [0, 0.1) is 0 Å². The van der Waals surface area contributed by atoms with Gasteiger partial charge in [0, 0.05) is 0 Å². The number of aliphatic hydroxyl groups excluding tert-OH is 2. The average molecular weight is 602 g/mol. The quantitative estimate of drug-likeness (QED) is 0.103. The van der Waals surface area contributed by atoms with Crippen molar-refractivity contribution >= 4 is 49.7 Å². The summed E-state index contributed by atoms with van der Waals surface area (Å²) < 4.78 is 45.0. The normalized spacial score (nSPS) is 24.3. The fraction of sp³-hybridized carbons (Fsp3) is 0.353. The number of aromatic nitrogens is 8. The van der Waals surface area contributed by atoms with Crippen LogP contribution >= 0.6 is 15.6 Å². The number of hydrogen-bond donors (Lipinski definition) is 7. The van der Waals surface area contributed by atoms with E-state index in [2.05, 4.69) is 43.7 Å². The molecule has 0 radical (unpaired) electrons. The van der Waals surface area contributed by atoms with Crippen molar-refractivity contribution in [2.75, 3.05) is 18.1 Å². The van der Waals surface area contributed by atoms with Crippen molar-refractivity contribution in [3.05, 3.63) is 34.9 Å². The second-order valence-corrected chi connectivity index (χ2v) is 11.2. The van der Waals surface area contributed by atoms with Crippen molar-refractivity contribution in [3.8, 4) is 0 Å². The highest BCUT2D eigenvalue weighted by molar-refractivity contribution is 7.61. The van der Waals surface area contributed by atoms with Crippen molar-refractivity contribution in [3.63, 3.8) is 0 Å². The molecule has 21 nitrogen and oxygen atoms in total. The molecular formula is C17H20N10O11P2. The van der Waals surface area contributed by atoms with Crippen LogP contribution in [0.1, 0.15) is 11.9 Å². The molecule has 0 amide bonds. The lowest BCUT2D eigenvalue weighted by molar-refractivity contribution is -0.0504. The van der Waals surface area contributed by atoms with E-state index < -0.39 is 59.0 Å². The molecule has 1 aliphatic heterocycles. The van der Waals surface area contributed by atoms with Crippen LogP contribution in [-0.2, 0) is 33.8 Å². The van der Waals surface area contributed by atoms with Crippen LogP contribution < -0.4 is 17.0 Å². The highest BCUT2D eigenvalue weighted by Gasteiger charge is 2.46. The number of aliphatic hydroxyl groups is 2. The molecule has 1 saturated heterocycles. The average Bonchev–Trinajstić information content (AvgIpc) is 3.43. The van der Waals surface area contributed by atoms with Crippen molar-refractivity contribution in [1.82, 2.24) is 39.5 Å². The Bertz CT molecular complexity index is 1730. The largest absolute Gasteiger partial charge is 0.481 e. The Labute approximate surface area is 221 Å². The summed E-state index contributed by atoms with van der Waals surface area (Å²) in [5.74, 6) is -0.132. The SMILES string of the molecule is Nc1nc2ncc(COP(=O)(O)OP(=O)(O)OC[C@H]3OC(n4cnc5c(N)ncnc54)[C@H](O)[C@@H]3O)nc2c(=O)[nH]1. The smallest absolute Gasteiger partial charge is 0.387 e. The second-order valence-electron chi connectivity index (χ2n) is 8.20. The first kappa shape index (κ1) is 28.1. The third-order valence-electron chi connectivity index (χ3n) is 5.47. The molecule has 4 aromatic rings. The summed E-state index contributed by atoms with van der Waals surface area (Å²) in [6.45, 7) is -1.63. The number of imidazole rings is 1. The molecule has 0 saturated carbocycles. The van der Waals surface area contributed by atoms with E-state index in [9.17, 15) is 33.9 Å². The molecule has 3 unspecified atom stereocenters. The second kappa shape index (κ2) is 10.5. The third kappa shape index (κ3) is 5.69. The number of nitrogens with zero attached hydrogens (tertiary/aromatic N) is 7. The fourth-order valence-corrected chi connectivity index (χ4v) is 5.74. The Morgan fingerprint density at radius 2 is 1.77 bits per heavy atom. The molecule has 40 heavy (non-hydrogen) atoms. The first-order valence-electron chi connectivity index (χ1n) is 11.0. The summed E-state index contributed by atoms with van der Waals surface area (Å²) in [7, 11) is -10.5. The van der Waals surface area contributed by atoms with E-state index in [-0.39, 0.29) is 39.8 Å². The highest BCUT2D eigenvalue weighted by atomic mass is 31.3. The summed E-state index contributed by atoms with van der Waals surface area (Å²) in [6, 6.07) is 0. The van der Waals surface area contributed by atoms with E-state index in [4.69, 9.17) is 20.7 Å². The molecule has 23 heteroatoms. The number of aromatic amines is 1. The van der Waals surface area contributed by atoms with Crippen LogP contribution in [-0.4, -0.2) is 84.4 Å². The van der Waals surface area contributed by atoms with Gasteiger partial charge >= 0.3 is 15.6 Å². The Balaban J connectivity index is 1.20. The van der Waals surface area contributed by atoms with Gasteiger partial charge in [0.15, 0.2) is 28.9 Å². The van der Waals surface area contributed by atoms with E-state index in [0.717, 1.165) is 12.5 Å². The molecule has 0 aromatic carbocycles. The first-order chi connectivity index (χ1) is 18.8. The van der Waals surface area contributed by atoms with Gasteiger partial charge in [0.05, 0.1) is 24.8 Å². The van der Waals surface area contributed by atoms with Crippen molar-refractivity contribution < 1.29 is 47.2 Å². The molecule has 5 heterocycles. The lowest BCUT2D eigenvalue weighted by Gasteiger charge is -2.19.